The van der Waals surface area contributed by atoms with E-state index in [1.54, 1.807) is 25.4 Å². The number of aromatic nitrogens is 2. The van der Waals surface area contributed by atoms with Crippen molar-refractivity contribution in [3.8, 4) is 11.4 Å². The summed E-state index contributed by atoms with van der Waals surface area (Å²) >= 11 is 5.84. The van der Waals surface area contributed by atoms with Gasteiger partial charge in [-0.2, -0.15) is 0 Å². The van der Waals surface area contributed by atoms with Gasteiger partial charge in [0.15, 0.2) is 5.11 Å². The number of thiocarbonyl (C=S) groups is 1. The zero-order valence-electron chi connectivity index (χ0n) is 19.2. The summed E-state index contributed by atoms with van der Waals surface area (Å²) in [6.45, 7) is 4.16. The van der Waals surface area contributed by atoms with Gasteiger partial charge in [0.05, 0.1) is 24.9 Å². The van der Waals surface area contributed by atoms with Crippen LogP contribution in [-0.4, -0.2) is 21.8 Å². The predicted octanol–water partition coefficient (Wildman–Crippen LogP) is 5.81. The molecule has 1 saturated heterocycles. The van der Waals surface area contributed by atoms with Crippen LogP contribution >= 0.6 is 12.2 Å². The van der Waals surface area contributed by atoms with E-state index in [1.165, 1.54) is 12.1 Å². The molecule has 0 amide bonds. The summed E-state index contributed by atoms with van der Waals surface area (Å²) in [6.07, 6.45) is 1.80. The summed E-state index contributed by atoms with van der Waals surface area (Å²) in [5, 5.41) is 4.14. The molecule has 34 heavy (non-hydrogen) atoms. The molecule has 2 aromatic heterocycles. The zero-order valence-corrected chi connectivity index (χ0v) is 20.0. The van der Waals surface area contributed by atoms with Crippen LogP contribution in [0.25, 0.3) is 5.69 Å². The molecular formula is C27H25FN4OS. The van der Waals surface area contributed by atoms with E-state index < -0.39 is 0 Å². The highest BCUT2D eigenvalue weighted by Gasteiger charge is 2.42. The standard InChI is InChI=1S/C27H25FN4OS/c1-17-16-23(18(2)31(17)20-9-7-19(28)8-10-20)26-25(24-6-4-5-15-29-24)30-27(34)32(26)21-11-13-22(33-3)14-12-21/h4-16,25-26H,1-3H3,(H,30,34)/t25-,26+/m0/s1. The Morgan fingerprint density at radius 2 is 1.68 bits per heavy atom. The molecule has 0 aliphatic carbocycles. The van der Waals surface area contributed by atoms with Crippen molar-refractivity contribution >= 4 is 23.0 Å². The topological polar surface area (TPSA) is 42.3 Å². The van der Waals surface area contributed by atoms with E-state index in [9.17, 15) is 4.39 Å². The van der Waals surface area contributed by atoms with Crippen LogP contribution in [0.3, 0.4) is 0 Å². The van der Waals surface area contributed by atoms with Crippen LogP contribution in [0.5, 0.6) is 5.75 Å². The van der Waals surface area contributed by atoms with Gasteiger partial charge in [-0.05, 0) is 98.4 Å². The lowest BCUT2D eigenvalue weighted by molar-refractivity contribution is 0.415. The third-order valence-corrected chi connectivity index (χ3v) is 6.64. The van der Waals surface area contributed by atoms with Gasteiger partial charge in [-0.25, -0.2) is 4.39 Å². The smallest absolute Gasteiger partial charge is 0.174 e. The Hall–Kier alpha value is -3.71. The molecule has 2 aromatic carbocycles. The van der Waals surface area contributed by atoms with Crippen LogP contribution in [0.1, 0.15) is 34.7 Å². The van der Waals surface area contributed by atoms with Crippen LogP contribution in [0.15, 0.2) is 79.0 Å². The number of anilines is 1. The van der Waals surface area contributed by atoms with Gasteiger partial charge in [0, 0.05) is 29.0 Å². The van der Waals surface area contributed by atoms with E-state index in [4.69, 9.17) is 17.0 Å². The van der Waals surface area contributed by atoms with E-state index >= 15 is 0 Å². The molecule has 0 saturated carbocycles. The van der Waals surface area contributed by atoms with Gasteiger partial charge >= 0.3 is 0 Å². The number of halogens is 1. The summed E-state index contributed by atoms with van der Waals surface area (Å²) in [4.78, 5) is 6.78. The average Bonchev–Trinajstić information content (AvgIpc) is 3.35. The molecule has 0 spiro atoms. The Labute approximate surface area is 203 Å². The van der Waals surface area contributed by atoms with Crippen molar-refractivity contribution in [2.45, 2.75) is 25.9 Å². The number of aryl methyl sites for hydroxylation is 1. The fraction of sp³-hybridized carbons (Fsp3) is 0.185. The second kappa shape index (κ2) is 8.91. The molecule has 7 heteroatoms. The highest BCUT2D eigenvalue weighted by molar-refractivity contribution is 7.80. The SMILES string of the molecule is COc1ccc(N2C(=S)N[C@@H](c3ccccn3)[C@H]2c2cc(C)n(-c3ccc(F)cc3)c2C)cc1. The summed E-state index contributed by atoms with van der Waals surface area (Å²) in [5.74, 6) is 0.534. The number of ether oxygens (including phenoxy) is 1. The summed E-state index contributed by atoms with van der Waals surface area (Å²) in [6, 6.07) is 22.3. The van der Waals surface area contributed by atoms with Gasteiger partial charge in [0.25, 0.3) is 0 Å². The molecule has 1 aliphatic rings. The van der Waals surface area contributed by atoms with Crippen LogP contribution in [0, 0.1) is 19.7 Å². The highest BCUT2D eigenvalue weighted by Crippen LogP contribution is 2.44. The fourth-order valence-corrected chi connectivity index (χ4v) is 5.11. The Morgan fingerprint density at radius 1 is 0.971 bits per heavy atom. The molecule has 1 N–H and O–H groups in total. The fourth-order valence-electron chi connectivity index (χ4n) is 4.77. The molecule has 5 nitrogen and oxygen atoms in total. The lowest BCUT2D eigenvalue weighted by Crippen LogP contribution is -2.29. The minimum absolute atomic E-state index is 0.129. The van der Waals surface area contributed by atoms with E-state index in [0.29, 0.717) is 5.11 Å². The average molecular weight is 473 g/mol. The van der Waals surface area contributed by atoms with Crippen LogP contribution < -0.4 is 15.0 Å². The molecule has 0 bridgehead atoms. The van der Waals surface area contributed by atoms with Gasteiger partial charge in [-0.15, -0.1) is 0 Å². The van der Waals surface area contributed by atoms with E-state index in [0.717, 1.165) is 39.8 Å². The van der Waals surface area contributed by atoms with Gasteiger partial charge in [-0.3, -0.25) is 4.98 Å². The van der Waals surface area contributed by atoms with Crippen molar-refractivity contribution in [1.82, 2.24) is 14.9 Å². The molecule has 172 valence electrons. The van der Waals surface area contributed by atoms with Gasteiger partial charge < -0.3 is 19.5 Å². The largest absolute Gasteiger partial charge is 0.497 e. The number of rotatable bonds is 5. The minimum atomic E-state index is -0.252. The first-order valence-electron chi connectivity index (χ1n) is 11.1. The van der Waals surface area contributed by atoms with Crippen LogP contribution in [-0.2, 0) is 0 Å². The first-order valence-corrected chi connectivity index (χ1v) is 11.5. The Kier molecular flexibility index (Phi) is 5.79. The zero-order chi connectivity index (χ0) is 23.8. The van der Waals surface area contributed by atoms with Crippen molar-refractivity contribution in [3.05, 3.63) is 107 Å². The lowest BCUT2D eigenvalue weighted by Gasteiger charge is -2.28. The first kappa shape index (κ1) is 22.1. The quantitative estimate of drug-likeness (QED) is 0.371. The molecular weight excluding hydrogens is 447 g/mol. The number of methoxy groups -OCH3 is 1. The van der Waals surface area contributed by atoms with E-state index in [-0.39, 0.29) is 17.9 Å². The first-order chi connectivity index (χ1) is 16.5. The minimum Gasteiger partial charge on any atom is -0.497 e. The number of hydrogen-bond acceptors (Lipinski definition) is 3. The van der Waals surface area contributed by atoms with Gasteiger partial charge in [0.2, 0.25) is 0 Å². The molecule has 5 rings (SSSR count). The number of hydrogen-bond donors (Lipinski definition) is 1. The second-order valence-electron chi connectivity index (χ2n) is 8.33. The number of nitrogens with one attached hydrogen (secondary N) is 1. The summed E-state index contributed by atoms with van der Waals surface area (Å²) in [7, 11) is 1.65. The van der Waals surface area contributed by atoms with Crippen LogP contribution in [0.2, 0.25) is 0 Å². The van der Waals surface area contributed by atoms with Crippen molar-refractivity contribution in [2.24, 2.45) is 0 Å². The van der Waals surface area contributed by atoms with Crippen LogP contribution in [0.4, 0.5) is 10.1 Å². The van der Waals surface area contributed by atoms with Crippen molar-refractivity contribution in [1.29, 1.82) is 0 Å². The normalized spacial score (nSPS) is 17.6. The van der Waals surface area contributed by atoms with Crippen molar-refractivity contribution < 1.29 is 9.13 Å². The maximum atomic E-state index is 13.6. The molecule has 2 atom stereocenters. The number of pyridine rings is 1. The Balaban J connectivity index is 1.66. The second-order valence-corrected chi connectivity index (χ2v) is 8.72. The van der Waals surface area contributed by atoms with Crippen molar-refractivity contribution in [3.63, 3.8) is 0 Å². The van der Waals surface area contributed by atoms with Gasteiger partial charge in [-0.1, -0.05) is 6.07 Å². The monoisotopic (exact) mass is 472 g/mol. The molecule has 3 heterocycles. The highest BCUT2D eigenvalue weighted by atomic mass is 32.1. The van der Waals surface area contributed by atoms with Gasteiger partial charge in [0.1, 0.15) is 11.6 Å². The molecule has 4 aromatic rings. The molecule has 0 radical (unpaired) electrons. The molecule has 1 aliphatic heterocycles. The number of benzene rings is 2. The maximum absolute atomic E-state index is 13.6. The lowest BCUT2D eigenvalue weighted by atomic mass is 9.96. The summed E-state index contributed by atoms with van der Waals surface area (Å²) < 4.78 is 21.1. The Morgan fingerprint density at radius 3 is 2.32 bits per heavy atom. The predicted molar refractivity (Wildman–Crippen MR) is 136 cm³/mol. The van der Waals surface area contributed by atoms with Crippen molar-refractivity contribution in [2.75, 3.05) is 12.0 Å². The molecule has 1 fully saturated rings. The summed E-state index contributed by atoms with van der Waals surface area (Å²) in [5.41, 5.74) is 6.06. The van der Waals surface area contributed by atoms with E-state index in [2.05, 4.69) is 39.7 Å². The number of nitrogens with zero attached hydrogens (tertiary/aromatic N) is 3. The molecule has 0 unspecified atom stereocenters. The third kappa shape index (κ3) is 3.82. The Bertz CT molecular complexity index is 1320. The van der Waals surface area contributed by atoms with E-state index in [1.807, 2.05) is 42.5 Å². The maximum Gasteiger partial charge on any atom is 0.174 e. The third-order valence-electron chi connectivity index (χ3n) is 6.32.